The molecule has 0 fully saturated rings. The minimum Gasteiger partial charge on any atom is -0.493 e. The van der Waals surface area contributed by atoms with Crippen molar-refractivity contribution in [2.45, 2.75) is 6.10 Å². The molecule has 0 saturated carbocycles. The van der Waals surface area contributed by atoms with E-state index in [4.69, 9.17) is 18.9 Å². The number of hydrogen-bond acceptors (Lipinski definition) is 8. The van der Waals surface area contributed by atoms with Crippen LogP contribution in [0.2, 0.25) is 0 Å². The third kappa shape index (κ3) is 5.10. The molecule has 1 atom stereocenters. The first-order valence-corrected chi connectivity index (χ1v) is 9.91. The zero-order chi connectivity index (χ0) is 23.2. The van der Waals surface area contributed by atoms with Crippen molar-refractivity contribution in [2.75, 3.05) is 13.9 Å². The summed E-state index contributed by atoms with van der Waals surface area (Å²) >= 11 is 0. The Balaban J connectivity index is 1.40. The van der Waals surface area contributed by atoms with E-state index >= 15 is 0 Å². The first kappa shape index (κ1) is 21.8. The molecule has 0 spiro atoms. The number of aliphatic hydroxyl groups is 1. The van der Waals surface area contributed by atoms with E-state index in [-0.39, 0.29) is 12.5 Å². The number of hydrazone groups is 1. The number of hydrogen-bond donors (Lipinski definition) is 2. The van der Waals surface area contributed by atoms with Gasteiger partial charge >= 0.3 is 5.97 Å². The van der Waals surface area contributed by atoms with Gasteiger partial charge < -0.3 is 24.1 Å². The van der Waals surface area contributed by atoms with E-state index in [2.05, 4.69) is 10.5 Å². The zero-order valence-corrected chi connectivity index (χ0v) is 17.6. The van der Waals surface area contributed by atoms with Crippen LogP contribution in [0, 0.1) is 0 Å². The van der Waals surface area contributed by atoms with Gasteiger partial charge in [0.2, 0.25) is 6.79 Å². The van der Waals surface area contributed by atoms with Gasteiger partial charge in [-0.2, -0.15) is 5.10 Å². The summed E-state index contributed by atoms with van der Waals surface area (Å²) in [6.45, 7) is 0.107. The maximum atomic E-state index is 12.5. The molecule has 2 N–H and O–H groups in total. The number of esters is 1. The van der Waals surface area contributed by atoms with E-state index in [1.165, 1.54) is 13.3 Å². The van der Waals surface area contributed by atoms with Crippen molar-refractivity contribution >= 4 is 18.1 Å². The molecule has 3 aromatic carbocycles. The van der Waals surface area contributed by atoms with E-state index in [0.29, 0.717) is 33.9 Å². The second-order valence-electron chi connectivity index (χ2n) is 6.92. The third-order valence-electron chi connectivity index (χ3n) is 4.75. The summed E-state index contributed by atoms with van der Waals surface area (Å²) in [6.07, 6.45) is 0.0394. The molecule has 0 saturated heterocycles. The molecule has 0 radical (unpaired) electrons. The molecule has 0 aromatic heterocycles. The lowest BCUT2D eigenvalue weighted by Gasteiger charge is -2.10. The number of carbonyl (C=O) groups is 2. The van der Waals surface area contributed by atoms with Crippen molar-refractivity contribution in [3.8, 4) is 23.0 Å². The Morgan fingerprint density at radius 1 is 1.03 bits per heavy atom. The molecule has 9 heteroatoms. The highest BCUT2D eigenvalue weighted by Gasteiger charge is 2.19. The van der Waals surface area contributed by atoms with Crippen LogP contribution in [0.15, 0.2) is 71.8 Å². The molecular formula is C24H20N2O7. The van der Waals surface area contributed by atoms with Gasteiger partial charge in [-0.1, -0.05) is 30.3 Å². The summed E-state index contributed by atoms with van der Waals surface area (Å²) in [5.74, 6) is 0.289. The summed E-state index contributed by atoms with van der Waals surface area (Å²) < 4.78 is 21.3. The third-order valence-corrected chi connectivity index (χ3v) is 4.75. The van der Waals surface area contributed by atoms with Gasteiger partial charge in [-0.25, -0.2) is 10.2 Å². The van der Waals surface area contributed by atoms with Gasteiger partial charge in [0, 0.05) is 0 Å². The standard InChI is InChI=1S/C24H20N2O7/c1-30-20-11-15(13-25-26-23(28)22(27)16-5-3-2-4-6-16)7-9-19(20)33-24(29)17-8-10-18-21(12-17)32-14-31-18/h2-13,22,27H,14H2,1H3,(H,26,28). The summed E-state index contributed by atoms with van der Waals surface area (Å²) in [5, 5.41) is 13.9. The number of amides is 1. The average molecular weight is 448 g/mol. The predicted molar refractivity (Wildman–Crippen MR) is 118 cm³/mol. The molecule has 4 rings (SSSR count). The normalized spacial score (nSPS) is 12.9. The lowest BCUT2D eigenvalue weighted by Crippen LogP contribution is -2.25. The van der Waals surface area contributed by atoms with Crippen molar-refractivity contribution in [3.63, 3.8) is 0 Å². The van der Waals surface area contributed by atoms with Crippen LogP contribution in [-0.4, -0.2) is 37.1 Å². The first-order chi connectivity index (χ1) is 16.0. The fraction of sp³-hybridized carbons (Fsp3) is 0.125. The largest absolute Gasteiger partial charge is 0.493 e. The number of nitrogens with zero attached hydrogens (tertiary/aromatic N) is 1. The monoisotopic (exact) mass is 448 g/mol. The molecule has 9 nitrogen and oxygen atoms in total. The minimum atomic E-state index is -1.34. The highest BCUT2D eigenvalue weighted by Crippen LogP contribution is 2.33. The van der Waals surface area contributed by atoms with Crippen molar-refractivity contribution in [3.05, 3.63) is 83.4 Å². The van der Waals surface area contributed by atoms with Crippen molar-refractivity contribution in [1.82, 2.24) is 5.43 Å². The number of carbonyl (C=O) groups excluding carboxylic acids is 2. The van der Waals surface area contributed by atoms with E-state index in [1.54, 1.807) is 66.7 Å². The van der Waals surface area contributed by atoms with Crippen LogP contribution < -0.4 is 24.4 Å². The second kappa shape index (κ2) is 9.84. The van der Waals surface area contributed by atoms with Crippen LogP contribution in [0.1, 0.15) is 27.6 Å². The van der Waals surface area contributed by atoms with Crippen molar-refractivity contribution in [2.24, 2.45) is 5.10 Å². The molecule has 3 aromatic rings. The zero-order valence-electron chi connectivity index (χ0n) is 17.6. The van der Waals surface area contributed by atoms with Crippen LogP contribution in [0.25, 0.3) is 0 Å². The molecule has 0 aliphatic carbocycles. The maximum absolute atomic E-state index is 12.5. The number of aliphatic hydroxyl groups excluding tert-OH is 1. The molecule has 1 heterocycles. The fourth-order valence-electron chi connectivity index (χ4n) is 3.05. The van der Waals surface area contributed by atoms with Gasteiger partial charge in [-0.15, -0.1) is 0 Å². The molecule has 33 heavy (non-hydrogen) atoms. The lowest BCUT2D eigenvalue weighted by atomic mass is 10.1. The Bertz CT molecular complexity index is 1190. The van der Waals surface area contributed by atoms with Gasteiger partial charge in [-0.3, -0.25) is 4.79 Å². The molecule has 0 bridgehead atoms. The van der Waals surface area contributed by atoms with Gasteiger partial charge in [0.15, 0.2) is 29.1 Å². The molecular weight excluding hydrogens is 428 g/mol. The summed E-state index contributed by atoms with van der Waals surface area (Å²) in [6, 6.07) is 18.1. The number of benzene rings is 3. The average Bonchev–Trinajstić information content (AvgIpc) is 3.32. The first-order valence-electron chi connectivity index (χ1n) is 9.91. The van der Waals surface area contributed by atoms with Crippen LogP contribution in [0.4, 0.5) is 0 Å². The van der Waals surface area contributed by atoms with Gasteiger partial charge in [0.25, 0.3) is 5.91 Å². The van der Waals surface area contributed by atoms with E-state index in [1.807, 2.05) is 0 Å². The topological polar surface area (TPSA) is 116 Å². The lowest BCUT2D eigenvalue weighted by molar-refractivity contribution is -0.129. The molecule has 1 unspecified atom stereocenters. The Morgan fingerprint density at radius 2 is 1.82 bits per heavy atom. The quantitative estimate of drug-likeness (QED) is 0.247. The van der Waals surface area contributed by atoms with Gasteiger partial charge in [-0.05, 0) is 47.5 Å². The number of fused-ring (bicyclic) bond motifs is 1. The molecule has 1 amide bonds. The smallest absolute Gasteiger partial charge is 0.343 e. The highest BCUT2D eigenvalue weighted by atomic mass is 16.7. The van der Waals surface area contributed by atoms with Crippen LogP contribution in [-0.2, 0) is 4.79 Å². The molecule has 168 valence electrons. The van der Waals surface area contributed by atoms with E-state index < -0.39 is 18.0 Å². The molecule has 1 aliphatic rings. The second-order valence-corrected chi connectivity index (χ2v) is 6.92. The Kier molecular flexibility index (Phi) is 6.51. The number of ether oxygens (including phenoxy) is 4. The van der Waals surface area contributed by atoms with Gasteiger partial charge in [0.1, 0.15) is 0 Å². The summed E-state index contributed by atoms with van der Waals surface area (Å²) in [5.41, 5.74) is 3.62. The van der Waals surface area contributed by atoms with Crippen LogP contribution in [0.5, 0.6) is 23.0 Å². The van der Waals surface area contributed by atoms with Crippen LogP contribution in [0.3, 0.4) is 0 Å². The molecule has 1 aliphatic heterocycles. The van der Waals surface area contributed by atoms with Crippen LogP contribution >= 0.6 is 0 Å². The Labute approximate surface area is 189 Å². The summed E-state index contributed by atoms with van der Waals surface area (Å²) in [7, 11) is 1.44. The van der Waals surface area contributed by atoms with E-state index in [0.717, 1.165) is 0 Å². The summed E-state index contributed by atoms with van der Waals surface area (Å²) in [4.78, 5) is 24.6. The SMILES string of the molecule is COc1cc(C=NNC(=O)C(O)c2ccccc2)ccc1OC(=O)c1ccc2c(c1)OCO2. The fourth-order valence-corrected chi connectivity index (χ4v) is 3.05. The Morgan fingerprint density at radius 3 is 2.61 bits per heavy atom. The predicted octanol–water partition coefficient (Wildman–Crippen LogP) is 2.83. The van der Waals surface area contributed by atoms with Gasteiger partial charge in [0.05, 0.1) is 18.9 Å². The number of rotatable bonds is 7. The van der Waals surface area contributed by atoms with Crippen molar-refractivity contribution in [1.29, 1.82) is 0 Å². The minimum absolute atomic E-state index is 0.107. The Hall–Kier alpha value is -4.37. The highest BCUT2D eigenvalue weighted by molar-refractivity contribution is 5.92. The number of methoxy groups -OCH3 is 1. The number of nitrogens with one attached hydrogen (secondary N) is 1. The maximum Gasteiger partial charge on any atom is 0.343 e. The van der Waals surface area contributed by atoms with Crippen molar-refractivity contribution < 1.29 is 33.6 Å². The van der Waals surface area contributed by atoms with E-state index in [9.17, 15) is 14.7 Å².